The standard InChI is InChI=1S/C26H26FNO2/c27-23-14-12-21(13-15-23)25(29)11-6-17-28-18-16-20-7-4-5-10-24(20)26(30,19-28)22-8-2-1-3-9-22/h1-5,7-10,12-15,30H,6,11,16-19H2/t26-/m1/s1. The van der Waals surface area contributed by atoms with Crippen LogP contribution in [-0.2, 0) is 12.0 Å². The van der Waals surface area contributed by atoms with E-state index in [1.807, 2.05) is 48.5 Å². The summed E-state index contributed by atoms with van der Waals surface area (Å²) in [5.74, 6) is -0.317. The van der Waals surface area contributed by atoms with Crippen molar-refractivity contribution in [3.05, 3.63) is 107 Å². The van der Waals surface area contributed by atoms with Gasteiger partial charge in [0.1, 0.15) is 11.4 Å². The first-order chi connectivity index (χ1) is 14.6. The third kappa shape index (κ3) is 4.35. The normalized spacial score (nSPS) is 19.1. The van der Waals surface area contributed by atoms with Gasteiger partial charge in [-0.05, 0) is 60.3 Å². The lowest BCUT2D eigenvalue weighted by atomic mass is 9.83. The molecule has 0 amide bonds. The van der Waals surface area contributed by atoms with Crippen LogP contribution in [0.4, 0.5) is 4.39 Å². The predicted octanol–water partition coefficient (Wildman–Crippen LogP) is 4.58. The maximum absolute atomic E-state index is 13.1. The smallest absolute Gasteiger partial charge is 0.162 e. The number of hydrogen-bond donors (Lipinski definition) is 1. The lowest BCUT2D eigenvalue weighted by Crippen LogP contribution is -2.41. The van der Waals surface area contributed by atoms with E-state index < -0.39 is 5.60 Å². The minimum Gasteiger partial charge on any atom is -0.379 e. The highest BCUT2D eigenvalue weighted by molar-refractivity contribution is 5.95. The Kier molecular flexibility index (Phi) is 6.07. The van der Waals surface area contributed by atoms with E-state index in [0.717, 1.165) is 36.2 Å². The number of ketones is 1. The van der Waals surface area contributed by atoms with Gasteiger partial charge in [-0.2, -0.15) is 0 Å². The van der Waals surface area contributed by atoms with Gasteiger partial charge in [-0.1, -0.05) is 54.6 Å². The molecule has 1 aliphatic rings. The number of carbonyl (C=O) groups excluding carboxylic acids is 1. The molecule has 0 bridgehead atoms. The Labute approximate surface area is 176 Å². The summed E-state index contributed by atoms with van der Waals surface area (Å²) in [6.07, 6.45) is 1.95. The molecule has 0 spiro atoms. The first-order valence-electron chi connectivity index (χ1n) is 10.4. The van der Waals surface area contributed by atoms with Crippen LogP contribution in [0.1, 0.15) is 39.9 Å². The molecule has 4 heteroatoms. The Hall–Kier alpha value is -2.82. The molecular formula is C26H26FNO2. The summed E-state index contributed by atoms with van der Waals surface area (Å²) < 4.78 is 13.1. The van der Waals surface area contributed by atoms with E-state index in [-0.39, 0.29) is 11.6 Å². The Balaban J connectivity index is 1.48. The molecule has 0 radical (unpaired) electrons. The summed E-state index contributed by atoms with van der Waals surface area (Å²) in [5.41, 5.74) is 2.46. The number of carbonyl (C=O) groups is 1. The first kappa shape index (κ1) is 20.5. The first-order valence-corrected chi connectivity index (χ1v) is 10.4. The van der Waals surface area contributed by atoms with Gasteiger partial charge in [0.15, 0.2) is 5.78 Å². The molecule has 0 saturated heterocycles. The van der Waals surface area contributed by atoms with E-state index in [2.05, 4.69) is 11.0 Å². The van der Waals surface area contributed by atoms with Crippen molar-refractivity contribution >= 4 is 5.78 Å². The van der Waals surface area contributed by atoms with Gasteiger partial charge in [0.2, 0.25) is 0 Å². The summed E-state index contributed by atoms with van der Waals surface area (Å²) in [4.78, 5) is 14.6. The van der Waals surface area contributed by atoms with Gasteiger partial charge in [-0.15, -0.1) is 0 Å². The molecule has 1 atom stereocenters. The molecule has 1 aliphatic heterocycles. The number of aliphatic hydroxyl groups is 1. The SMILES string of the molecule is O=C(CCCN1CCc2ccccc2[C@](O)(c2ccccc2)C1)c1ccc(F)cc1. The van der Waals surface area contributed by atoms with Crippen molar-refractivity contribution in [3.8, 4) is 0 Å². The molecule has 0 aromatic heterocycles. The topological polar surface area (TPSA) is 40.5 Å². The van der Waals surface area contributed by atoms with Crippen LogP contribution >= 0.6 is 0 Å². The molecule has 0 saturated carbocycles. The number of hydrogen-bond acceptors (Lipinski definition) is 3. The average molecular weight is 403 g/mol. The summed E-state index contributed by atoms with van der Waals surface area (Å²) in [7, 11) is 0. The zero-order chi connectivity index (χ0) is 21.0. The van der Waals surface area contributed by atoms with Crippen LogP contribution in [0.3, 0.4) is 0 Å². The number of fused-ring (bicyclic) bond motifs is 1. The van der Waals surface area contributed by atoms with Crippen molar-refractivity contribution in [2.24, 2.45) is 0 Å². The molecule has 0 unspecified atom stereocenters. The summed E-state index contributed by atoms with van der Waals surface area (Å²) in [6, 6.07) is 23.6. The van der Waals surface area contributed by atoms with E-state index in [1.54, 1.807) is 0 Å². The van der Waals surface area contributed by atoms with E-state index in [4.69, 9.17) is 0 Å². The van der Waals surface area contributed by atoms with Crippen molar-refractivity contribution in [3.63, 3.8) is 0 Å². The van der Waals surface area contributed by atoms with E-state index in [1.165, 1.54) is 24.3 Å². The Morgan fingerprint density at radius 3 is 2.43 bits per heavy atom. The van der Waals surface area contributed by atoms with Crippen LogP contribution in [0.2, 0.25) is 0 Å². The molecule has 1 N–H and O–H groups in total. The quantitative estimate of drug-likeness (QED) is 0.613. The molecule has 154 valence electrons. The van der Waals surface area contributed by atoms with Crippen LogP contribution in [0.25, 0.3) is 0 Å². The Bertz CT molecular complexity index is 1000. The van der Waals surface area contributed by atoms with E-state index >= 15 is 0 Å². The molecule has 0 aliphatic carbocycles. The maximum atomic E-state index is 13.1. The van der Waals surface area contributed by atoms with Gasteiger partial charge >= 0.3 is 0 Å². The summed E-state index contributed by atoms with van der Waals surface area (Å²) >= 11 is 0. The zero-order valence-electron chi connectivity index (χ0n) is 16.9. The monoisotopic (exact) mass is 403 g/mol. The highest BCUT2D eigenvalue weighted by Gasteiger charge is 2.37. The van der Waals surface area contributed by atoms with Crippen LogP contribution in [0.15, 0.2) is 78.9 Å². The molecule has 3 aromatic carbocycles. The Morgan fingerprint density at radius 2 is 1.67 bits per heavy atom. The van der Waals surface area contributed by atoms with E-state index in [9.17, 15) is 14.3 Å². The summed E-state index contributed by atoms with van der Waals surface area (Å²) in [6.45, 7) is 2.03. The third-order valence-corrected chi connectivity index (χ3v) is 5.91. The zero-order valence-corrected chi connectivity index (χ0v) is 16.9. The fourth-order valence-electron chi connectivity index (χ4n) is 4.30. The van der Waals surface area contributed by atoms with Gasteiger partial charge in [0.25, 0.3) is 0 Å². The largest absolute Gasteiger partial charge is 0.379 e. The Morgan fingerprint density at radius 1 is 0.967 bits per heavy atom. The minimum atomic E-state index is -1.09. The van der Waals surface area contributed by atoms with Crippen LogP contribution in [-0.4, -0.2) is 35.4 Å². The van der Waals surface area contributed by atoms with Gasteiger partial charge < -0.3 is 5.11 Å². The fraction of sp³-hybridized carbons (Fsp3) is 0.269. The van der Waals surface area contributed by atoms with Gasteiger partial charge in [-0.3, -0.25) is 9.69 Å². The molecule has 3 aromatic rings. The van der Waals surface area contributed by atoms with Gasteiger partial charge in [0.05, 0.1) is 0 Å². The van der Waals surface area contributed by atoms with Crippen LogP contribution in [0.5, 0.6) is 0 Å². The van der Waals surface area contributed by atoms with Crippen LogP contribution in [0, 0.1) is 5.82 Å². The minimum absolute atomic E-state index is 0.0198. The molecule has 30 heavy (non-hydrogen) atoms. The van der Waals surface area contributed by atoms with Gasteiger partial charge in [-0.25, -0.2) is 4.39 Å². The average Bonchev–Trinajstić information content (AvgIpc) is 2.92. The van der Waals surface area contributed by atoms with Crippen molar-refractivity contribution in [1.29, 1.82) is 0 Å². The summed E-state index contributed by atoms with van der Waals surface area (Å²) in [5, 5.41) is 11.8. The fourth-order valence-corrected chi connectivity index (χ4v) is 4.30. The van der Waals surface area contributed by atoms with Crippen LogP contribution < -0.4 is 0 Å². The number of halogens is 1. The lowest BCUT2D eigenvalue weighted by Gasteiger charge is -2.33. The highest BCUT2D eigenvalue weighted by atomic mass is 19.1. The third-order valence-electron chi connectivity index (χ3n) is 5.91. The number of benzene rings is 3. The number of Topliss-reactive ketones (excluding diaryl/α,β-unsaturated/α-hetero) is 1. The van der Waals surface area contributed by atoms with Crippen molar-refractivity contribution < 1.29 is 14.3 Å². The second-order valence-electron chi connectivity index (χ2n) is 7.94. The van der Waals surface area contributed by atoms with Crippen molar-refractivity contribution in [2.45, 2.75) is 24.9 Å². The second kappa shape index (κ2) is 8.90. The molecule has 0 fully saturated rings. The number of β-amino-alcohol motifs (C(OH)–C–C–N with tert-alkyl or cyclic N) is 1. The predicted molar refractivity (Wildman–Crippen MR) is 116 cm³/mol. The molecule has 4 rings (SSSR count). The molecule has 3 nitrogen and oxygen atoms in total. The number of nitrogens with zero attached hydrogens (tertiary/aromatic N) is 1. The number of rotatable bonds is 6. The highest BCUT2D eigenvalue weighted by Crippen LogP contribution is 2.35. The molecule has 1 heterocycles. The lowest BCUT2D eigenvalue weighted by molar-refractivity contribution is 0.0404. The maximum Gasteiger partial charge on any atom is 0.162 e. The molecular weight excluding hydrogens is 377 g/mol. The van der Waals surface area contributed by atoms with Crippen molar-refractivity contribution in [1.82, 2.24) is 4.90 Å². The second-order valence-corrected chi connectivity index (χ2v) is 7.94. The van der Waals surface area contributed by atoms with Crippen molar-refractivity contribution in [2.75, 3.05) is 19.6 Å². The van der Waals surface area contributed by atoms with E-state index in [0.29, 0.717) is 24.9 Å². The van der Waals surface area contributed by atoms with Gasteiger partial charge in [0, 0.05) is 25.1 Å².